The number of hydrogen-bond donors (Lipinski definition) is 1. The van der Waals surface area contributed by atoms with Crippen molar-refractivity contribution in [3.63, 3.8) is 0 Å². The van der Waals surface area contributed by atoms with E-state index in [-0.39, 0.29) is 12.1 Å². The van der Waals surface area contributed by atoms with Crippen molar-refractivity contribution in [1.82, 2.24) is 10.2 Å². The average molecular weight is 228 g/mol. The Hall–Kier alpha value is -0.770. The van der Waals surface area contributed by atoms with Gasteiger partial charge in [0.05, 0.1) is 0 Å². The summed E-state index contributed by atoms with van der Waals surface area (Å²) >= 11 is 0. The first-order valence-corrected chi connectivity index (χ1v) is 6.09. The molecule has 0 aromatic heterocycles. The highest BCUT2D eigenvalue weighted by atomic mass is 16.6. The molecule has 1 amide bonds. The minimum absolute atomic E-state index is 0.146. The topological polar surface area (TPSA) is 41.6 Å². The lowest BCUT2D eigenvalue weighted by molar-refractivity contribution is 0.0499. The number of nitrogens with one attached hydrogen (secondary N) is 1. The van der Waals surface area contributed by atoms with Gasteiger partial charge in [-0.2, -0.15) is 0 Å². The van der Waals surface area contributed by atoms with Gasteiger partial charge in [-0.3, -0.25) is 0 Å². The van der Waals surface area contributed by atoms with Gasteiger partial charge in [0.2, 0.25) is 0 Å². The number of hydrogen-bond acceptors (Lipinski definition) is 3. The first-order valence-electron chi connectivity index (χ1n) is 6.09. The molecule has 1 rings (SSSR count). The van der Waals surface area contributed by atoms with E-state index in [0.717, 1.165) is 19.6 Å². The lowest BCUT2D eigenvalue weighted by atomic mass is 10.2. The Morgan fingerprint density at radius 3 is 2.44 bits per heavy atom. The molecule has 4 heteroatoms. The molecule has 1 fully saturated rings. The number of alkyl carbamates (subject to hydrolysis) is 1. The van der Waals surface area contributed by atoms with E-state index >= 15 is 0 Å². The zero-order valence-electron chi connectivity index (χ0n) is 10.9. The van der Waals surface area contributed by atoms with Gasteiger partial charge in [-0.25, -0.2) is 4.79 Å². The van der Waals surface area contributed by atoms with Crippen LogP contribution in [0.25, 0.3) is 0 Å². The third kappa shape index (κ3) is 5.35. The Labute approximate surface area is 98.3 Å². The molecule has 0 radical (unpaired) electrons. The van der Waals surface area contributed by atoms with E-state index < -0.39 is 5.60 Å². The molecule has 0 bridgehead atoms. The second-order valence-electron chi connectivity index (χ2n) is 5.55. The highest BCUT2D eigenvalue weighted by molar-refractivity contribution is 5.68. The van der Waals surface area contributed by atoms with Gasteiger partial charge >= 0.3 is 6.09 Å². The Kier molecular flexibility index (Phi) is 4.59. The van der Waals surface area contributed by atoms with Crippen molar-refractivity contribution in [3.05, 3.63) is 0 Å². The summed E-state index contributed by atoms with van der Waals surface area (Å²) in [6.07, 6.45) is 2.23. The summed E-state index contributed by atoms with van der Waals surface area (Å²) in [4.78, 5) is 13.9. The van der Waals surface area contributed by atoms with Crippen LogP contribution in [-0.2, 0) is 4.74 Å². The maximum Gasteiger partial charge on any atom is 0.407 e. The Morgan fingerprint density at radius 2 is 1.94 bits per heavy atom. The molecule has 16 heavy (non-hydrogen) atoms. The van der Waals surface area contributed by atoms with Crippen molar-refractivity contribution in [3.8, 4) is 0 Å². The number of nitrogens with zero attached hydrogens (tertiary/aromatic N) is 1. The second kappa shape index (κ2) is 5.53. The molecule has 1 aliphatic heterocycles. The van der Waals surface area contributed by atoms with Gasteiger partial charge < -0.3 is 15.0 Å². The van der Waals surface area contributed by atoms with Crippen molar-refractivity contribution in [2.75, 3.05) is 19.6 Å². The summed E-state index contributed by atoms with van der Waals surface area (Å²) < 4.78 is 5.20. The fraction of sp³-hybridized carbons (Fsp3) is 0.917. The standard InChI is InChI=1S/C12H24N2O2/c1-10(9-14-7-5-6-8-14)13-11(15)16-12(2,3)4/h10H,5-9H2,1-4H3,(H,13,15)/t10-/m0/s1. The van der Waals surface area contributed by atoms with Crippen LogP contribution in [0.15, 0.2) is 0 Å². The molecule has 1 aliphatic rings. The molecule has 0 aromatic rings. The van der Waals surface area contributed by atoms with E-state index in [2.05, 4.69) is 10.2 Å². The van der Waals surface area contributed by atoms with Crippen molar-refractivity contribution >= 4 is 6.09 Å². The molecule has 1 heterocycles. The summed E-state index contributed by atoms with van der Waals surface area (Å²) in [6.45, 7) is 10.9. The number of ether oxygens (including phenoxy) is 1. The minimum Gasteiger partial charge on any atom is -0.444 e. The molecule has 0 spiro atoms. The fourth-order valence-corrected chi connectivity index (χ4v) is 1.91. The van der Waals surface area contributed by atoms with E-state index in [9.17, 15) is 4.79 Å². The van der Waals surface area contributed by atoms with Crippen molar-refractivity contribution in [2.45, 2.75) is 52.2 Å². The monoisotopic (exact) mass is 228 g/mol. The lowest BCUT2D eigenvalue weighted by Crippen LogP contribution is -2.43. The van der Waals surface area contributed by atoms with Crippen LogP contribution in [0, 0.1) is 0 Å². The Bertz CT molecular complexity index is 230. The van der Waals surface area contributed by atoms with Gasteiger partial charge in [0.1, 0.15) is 5.60 Å². The molecule has 0 unspecified atom stereocenters. The second-order valence-corrected chi connectivity index (χ2v) is 5.55. The van der Waals surface area contributed by atoms with Crippen molar-refractivity contribution < 1.29 is 9.53 Å². The van der Waals surface area contributed by atoms with Gasteiger partial charge in [-0.1, -0.05) is 0 Å². The quantitative estimate of drug-likeness (QED) is 0.803. The largest absolute Gasteiger partial charge is 0.444 e. The first-order chi connectivity index (χ1) is 7.37. The molecule has 4 nitrogen and oxygen atoms in total. The zero-order valence-corrected chi connectivity index (χ0v) is 10.9. The van der Waals surface area contributed by atoms with Crippen LogP contribution in [-0.4, -0.2) is 42.3 Å². The third-order valence-electron chi connectivity index (χ3n) is 2.49. The summed E-state index contributed by atoms with van der Waals surface area (Å²) in [5, 5.41) is 2.86. The molecule has 0 saturated carbocycles. The van der Waals surface area contributed by atoms with Gasteiger partial charge in [0.25, 0.3) is 0 Å². The normalized spacial score (nSPS) is 19.5. The summed E-state index contributed by atoms with van der Waals surface area (Å²) in [7, 11) is 0. The SMILES string of the molecule is C[C@@H](CN1CCCC1)NC(=O)OC(C)(C)C. The maximum absolute atomic E-state index is 11.5. The molecule has 1 saturated heterocycles. The number of rotatable bonds is 3. The van der Waals surface area contributed by atoms with E-state index in [1.54, 1.807) is 0 Å². The zero-order chi connectivity index (χ0) is 12.2. The highest BCUT2D eigenvalue weighted by Gasteiger charge is 2.19. The molecule has 1 N–H and O–H groups in total. The fourth-order valence-electron chi connectivity index (χ4n) is 1.91. The molecule has 0 aliphatic carbocycles. The van der Waals surface area contributed by atoms with Gasteiger partial charge in [-0.05, 0) is 53.6 Å². The molecule has 1 atom stereocenters. The lowest BCUT2D eigenvalue weighted by Gasteiger charge is -2.24. The Morgan fingerprint density at radius 1 is 1.38 bits per heavy atom. The number of amides is 1. The number of likely N-dealkylation sites (tertiary alicyclic amines) is 1. The predicted molar refractivity (Wildman–Crippen MR) is 64.5 cm³/mol. The molecule has 0 aromatic carbocycles. The summed E-state index contributed by atoms with van der Waals surface area (Å²) in [5.74, 6) is 0. The highest BCUT2D eigenvalue weighted by Crippen LogP contribution is 2.09. The van der Waals surface area contributed by atoms with E-state index in [1.807, 2.05) is 27.7 Å². The van der Waals surface area contributed by atoms with Crippen molar-refractivity contribution in [2.24, 2.45) is 0 Å². The van der Waals surface area contributed by atoms with Gasteiger partial charge in [0, 0.05) is 12.6 Å². The smallest absolute Gasteiger partial charge is 0.407 e. The van der Waals surface area contributed by atoms with Crippen molar-refractivity contribution in [1.29, 1.82) is 0 Å². The predicted octanol–water partition coefficient (Wildman–Crippen LogP) is 2.00. The van der Waals surface area contributed by atoms with Crippen LogP contribution in [0.3, 0.4) is 0 Å². The molecule has 94 valence electrons. The molecular formula is C12H24N2O2. The summed E-state index contributed by atoms with van der Waals surface area (Å²) in [5.41, 5.74) is -0.419. The average Bonchev–Trinajstić information content (AvgIpc) is 2.51. The van der Waals surface area contributed by atoms with E-state index in [1.165, 1.54) is 12.8 Å². The van der Waals surface area contributed by atoms with Crippen LogP contribution >= 0.6 is 0 Å². The van der Waals surface area contributed by atoms with Crippen LogP contribution < -0.4 is 5.32 Å². The van der Waals surface area contributed by atoms with Crippen LogP contribution in [0.5, 0.6) is 0 Å². The summed E-state index contributed by atoms with van der Waals surface area (Å²) in [6, 6.07) is 0.146. The van der Waals surface area contributed by atoms with Crippen LogP contribution in [0.4, 0.5) is 4.79 Å². The van der Waals surface area contributed by atoms with Crippen LogP contribution in [0.1, 0.15) is 40.5 Å². The maximum atomic E-state index is 11.5. The Balaban J connectivity index is 2.22. The third-order valence-corrected chi connectivity index (χ3v) is 2.49. The van der Waals surface area contributed by atoms with E-state index in [0.29, 0.717) is 0 Å². The van der Waals surface area contributed by atoms with Crippen LogP contribution in [0.2, 0.25) is 0 Å². The minimum atomic E-state index is -0.419. The molecular weight excluding hydrogens is 204 g/mol. The van der Waals surface area contributed by atoms with Gasteiger partial charge in [0.15, 0.2) is 0 Å². The van der Waals surface area contributed by atoms with Gasteiger partial charge in [-0.15, -0.1) is 0 Å². The van der Waals surface area contributed by atoms with E-state index in [4.69, 9.17) is 4.74 Å². The number of carbonyl (C=O) groups is 1. The first kappa shape index (κ1) is 13.3. The number of carbonyl (C=O) groups excluding carboxylic acids is 1.